The molecule has 0 amide bonds. The third kappa shape index (κ3) is 1.91. The van der Waals surface area contributed by atoms with Gasteiger partial charge in [-0.15, -0.1) is 0 Å². The van der Waals surface area contributed by atoms with Gasteiger partial charge in [0.25, 0.3) is 0 Å². The maximum Gasteiger partial charge on any atom is 0.187 e. The summed E-state index contributed by atoms with van der Waals surface area (Å²) in [5.41, 5.74) is 1.70. The summed E-state index contributed by atoms with van der Waals surface area (Å²) in [6, 6.07) is 5.03. The molecule has 0 fully saturated rings. The van der Waals surface area contributed by atoms with Crippen molar-refractivity contribution in [3.8, 4) is 0 Å². The zero-order valence-electron chi connectivity index (χ0n) is 10.8. The minimum absolute atomic E-state index is 0.250. The number of rotatable bonds is 2. The summed E-state index contributed by atoms with van der Waals surface area (Å²) in [6.07, 6.45) is 0. The normalized spacial score (nSPS) is 25.6. The second-order valence-electron chi connectivity index (χ2n) is 5.07. The summed E-state index contributed by atoms with van der Waals surface area (Å²) in [5, 5.41) is 11.7. The van der Waals surface area contributed by atoms with Gasteiger partial charge in [-0.25, -0.2) is 8.42 Å². The van der Waals surface area contributed by atoms with E-state index in [2.05, 4.69) is 5.32 Å². The van der Waals surface area contributed by atoms with Crippen LogP contribution < -0.4 is 5.32 Å². The molecule has 2 atom stereocenters. The van der Waals surface area contributed by atoms with Crippen LogP contribution in [-0.2, 0) is 9.84 Å². The third-order valence-corrected chi connectivity index (χ3v) is 5.80. The highest BCUT2D eigenvalue weighted by molar-refractivity contribution is 7.92. The van der Waals surface area contributed by atoms with Crippen molar-refractivity contribution in [2.24, 2.45) is 0 Å². The van der Waals surface area contributed by atoms with Crippen molar-refractivity contribution in [1.82, 2.24) is 0 Å². The molecule has 1 aliphatic rings. The van der Waals surface area contributed by atoms with Crippen LogP contribution in [-0.4, -0.2) is 31.4 Å². The monoisotopic (exact) mass is 269 g/mol. The van der Waals surface area contributed by atoms with Crippen molar-refractivity contribution in [1.29, 1.82) is 0 Å². The molecule has 0 radical (unpaired) electrons. The van der Waals surface area contributed by atoms with Gasteiger partial charge in [0.15, 0.2) is 9.84 Å². The number of benzene rings is 1. The number of para-hydroxylation sites is 1. The molecule has 1 aromatic carbocycles. The Morgan fingerprint density at radius 3 is 2.61 bits per heavy atom. The second-order valence-corrected chi connectivity index (χ2v) is 7.21. The van der Waals surface area contributed by atoms with Crippen LogP contribution in [0.2, 0.25) is 0 Å². The van der Waals surface area contributed by atoms with Crippen LogP contribution in [0.1, 0.15) is 32.3 Å². The van der Waals surface area contributed by atoms with Gasteiger partial charge in [0.05, 0.1) is 17.2 Å². The highest BCUT2D eigenvalue weighted by Crippen LogP contribution is 2.37. The SMILES string of the molecule is CC(C)c1cccc2c1NC(C)C(CO)S2(=O)=O. The number of hydrogen-bond acceptors (Lipinski definition) is 4. The van der Waals surface area contributed by atoms with Crippen LogP contribution in [0.4, 0.5) is 5.69 Å². The molecular weight excluding hydrogens is 250 g/mol. The first-order valence-electron chi connectivity index (χ1n) is 6.13. The molecule has 4 nitrogen and oxygen atoms in total. The lowest BCUT2D eigenvalue weighted by Gasteiger charge is -2.33. The first-order valence-corrected chi connectivity index (χ1v) is 7.68. The Morgan fingerprint density at radius 1 is 1.39 bits per heavy atom. The van der Waals surface area contributed by atoms with E-state index < -0.39 is 15.1 Å². The Balaban J connectivity index is 2.67. The van der Waals surface area contributed by atoms with Crippen molar-refractivity contribution < 1.29 is 13.5 Å². The molecule has 100 valence electrons. The van der Waals surface area contributed by atoms with E-state index >= 15 is 0 Å². The molecule has 0 spiro atoms. The van der Waals surface area contributed by atoms with Crippen LogP contribution in [0.3, 0.4) is 0 Å². The van der Waals surface area contributed by atoms with E-state index in [0.29, 0.717) is 10.6 Å². The van der Waals surface area contributed by atoms with E-state index in [1.165, 1.54) is 0 Å². The van der Waals surface area contributed by atoms with Gasteiger partial charge in [-0.2, -0.15) is 0 Å². The topological polar surface area (TPSA) is 66.4 Å². The van der Waals surface area contributed by atoms with Gasteiger partial charge in [0.1, 0.15) is 5.25 Å². The summed E-state index contributed by atoms with van der Waals surface area (Å²) >= 11 is 0. The summed E-state index contributed by atoms with van der Waals surface area (Å²) in [5.74, 6) is 0.250. The molecule has 1 aromatic rings. The van der Waals surface area contributed by atoms with Gasteiger partial charge < -0.3 is 10.4 Å². The molecule has 0 saturated carbocycles. The Hall–Kier alpha value is -1.07. The summed E-state index contributed by atoms with van der Waals surface area (Å²) in [6.45, 7) is 5.50. The average molecular weight is 269 g/mol. The van der Waals surface area contributed by atoms with Crippen LogP contribution in [0.25, 0.3) is 0 Å². The lowest BCUT2D eigenvalue weighted by Crippen LogP contribution is -2.44. The zero-order valence-corrected chi connectivity index (χ0v) is 11.7. The number of anilines is 1. The second kappa shape index (κ2) is 4.55. The van der Waals surface area contributed by atoms with Crippen LogP contribution in [0.15, 0.2) is 23.1 Å². The van der Waals surface area contributed by atoms with E-state index in [4.69, 9.17) is 0 Å². The minimum atomic E-state index is -3.45. The number of aliphatic hydroxyl groups is 1. The van der Waals surface area contributed by atoms with Crippen molar-refractivity contribution >= 4 is 15.5 Å². The Labute approximate surface area is 108 Å². The van der Waals surface area contributed by atoms with Gasteiger partial charge in [-0.3, -0.25) is 0 Å². The predicted molar refractivity (Wildman–Crippen MR) is 71.7 cm³/mol. The predicted octanol–water partition coefficient (Wildman–Crippen LogP) is 1.76. The first-order chi connectivity index (χ1) is 8.39. The van der Waals surface area contributed by atoms with Crippen molar-refractivity contribution in [3.63, 3.8) is 0 Å². The zero-order chi connectivity index (χ0) is 13.5. The van der Waals surface area contributed by atoms with Gasteiger partial charge in [-0.1, -0.05) is 26.0 Å². The average Bonchev–Trinajstić information content (AvgIpc) is 2.28. The van der Waals surface area contributed by atoms with Gasteiger partial charge in [0.2, 0.25) is 0 Å². The van der Waals surface area contributed by atoms with E-state index in [1.807, 2.05) is 19.9 Å². The van der Waals surface area contributed by atoms with Crippen molar-refractivity contribution in [3.05, 3.63) is 23.8 Å². The van der Waals surface area contributed by atoms with Gasteiger partial charge >= 0.3 is 0 Å². The molecule has 2 unspecified atom stereocenters. The quantitative estimate of drug-likeness (QED) is 0.858. The summed E-state index contributed by atoms with van der Waals surface area (Å²) in [7, 11) is -3.45. The molecule has 1 heterocycles. The maximum atomic E-state index is 12.4. The molecule has 5 heteroatoms. The van der Waals surface area contributed by atoms with E-state index in [1.54, 1.807) is 19.1 Å². The van der Waals surface area contributed by atoms with Gasteiger partial charge in [0, 0.05) is 6.04 Å². The van der Waals surface area contributed by atoms with Crippen molar-refractivity contribution in [2.75, 3.05) is 11.9 Å². The largest absolute Gasteiger partial charge is 0.395 e. The summed E-state index contributed by atoms with van der Waals surface area (Å²) < 4.78 is 24.8. The number of aliphatic hydroxyl groups excluding tert-OH is 1. The van der Waals surface area contributed by atoms with E-state index in [9.17, 15) is 13.5 Å². The Bertz CT molecular complexity index is 551. The van der Waals surface area contributed by atoms with E-state index in [0.717, 1.165) is 5.56 Å². The molecule has 1 aliphatic heterocycles. The summed E-state index contributed by atoms with van der Waals surface area (Å²) in [4.78, 5) is 0.311. The Kier molecular flexibility index (Phi) is 3.38. The van der Waals surface area contributed by atoms with Crippen LogP contribution >= 0.6 is 0 Å². The highest BCUT2D eigenvalue weighted by atomic mass is 32.2. The number of hydrogen-bond donors (Lipinski definition) is 2. The fourth-order valence-electron chi connectivity index (χ4n) is 2.43. The maximum absolute atomic E-state index is 12.4. The Morgan fingerprint density at radius 2 is 2.06 bits per heavy atom. The molecular formula is C13H19NO3S. The molecule has 0 saturated heterocycles. The molecule has 2 rings (SSSR count). The fourth-order valence-corrected chi connectivity index (χ4v) is 4.29. The van der Waals surface area contributed by atoms with Gasteiger partial charge in [-0.05, 0) is 24.5 Å². The highest BCUT2D eigenvalue weighted by Gasteiger charge is 2.39. The molecule has 18 heavy (non-hydrogen) atoms. The molecule has 0 aliphatic carbocycles. The first kappa shape index (κ1) is 13.4. The van der Waals surface area contributed by atoms with Crippen molar-refractivity contribution in [2.45, 2.75) is 42.9 Å². The molecule has 0 aromatic heterocycles. The molecule has 0 bridgehead atoms. The lowest BCUT2D eigenvalue weighted by atomic mass is 10.0. The number of fused-ring (bicyclic) bond motifs is 1. The smallest absolute Gasteiger partial charge is 0.187 e. The number of sulfone groups is 1. The fraction of sp³-hybridized carbons (Fsp3) is 0.538. The van der Waals surface area contributed by atoms with Crippen LogP contribution in [0.5, 0.6) is 0 Å². The van der Waals surface area contributed by atoms with E-state index in [-0.39, 0.29) is 18.6 Å². The van der Waals surface area contributed by atoms with Crippen LogP contribution in [0, 0.1) is 0 Å². The molecule has 2 N–H and O–H groups in total. The minimum Gasteiger partial charge on any atom is -0.395 e. The lowest BCUT2D eigenvalue weighted by molar-refractivity contribution is 0.282. The number of nitrogens with one attached hydrogen (secondary N) is 1. The third-order valence-electron chi connectivity index (χ3n) is 3.50. The standard InChI is InChI=1S/C13H19NO3S/c1-8(2)10-5-4-6-11-13(10)14-9(3)12(7-15)18(11,16)17/h4-6,8-9,12,14-15H,7H2,1-3H3.